The van der Waals surface area contributed by atoms with Crippen LogP contribution in [0.2, 0.25) is 0 Å². The molecule has 210 valence electrons. The van der Waals surface area contributed by atoms with E-state index in [1.54, 1.807) is 0 Å². The van der Waals surface area contributed by atoms with Crippen LogP contribution >= 0.6 is 0 Å². The first-order valence-corrected chi connectivity index (χ1v) is 13.1. The third-order valence-corrected chi connectivity index (χ3v) is 5.28. The lowest BCUT2D eigenvalue weighted by atomic mass is 10.3. The van der Waals surface area contributed by atoms with Gasteiger partial charge in [-0.05, 0) is 25.7 Å². The predicted octanol–water partition coefficient (Wildman–Crippen LogP) is 0.261. The van der Waals surface area contributed by atoms with Gasteiger partial charge in [-0.25, -0.2) is 0 Å². The zero-order chi connectivity index (χ0) is 27.1. The summed E-state index contributed by atoms with van der Waals surface area (Å²) >= 11 is 0. The molecule has 10 nitrogen and oxygen atoms in total. The third kappa shape index (κ3) is 22.7. The zero-order valence-corrected chi connectivity index (χ0v) is 23.7. The van der Waals surface area contributed by atoms with Crippen molar-refractivity contribution in [1.29, 1.82) is 0 Å². The van der Waals surface area contributed by atoms with Crippen molar-refractivity contribution in [2.24, 2.45) is 0 Å². The average molecular weight is 517 g/mol. The van der Waals surface area contributed by atoms with Gasteiger partial charge in [0.15, 0.2) is 0 Å². The summed E-state index contributed by atoms with van der Waals surface area (Å²) in [5, 5.41) is 5.78. The molecule has 0 rings (SSSR count). The van der Waals surface area contributed by atoms with E-state index < -0.39 is 0 Å². The molecule has 0 aliphatic heterocycles. The van der Waals surface area contributed by atoms with E-state index in [-0.39, 0.29) is 25.0 Å². The third-order valence-electron chi connectivity index (χ3n) is 5.28. The van der Waals surface area contributed by atoms with Crippen molar-refractivity contribution in [1.82, 2.24) is 10.6 Å². The molecule has 0 aromatic heterocycles. The molecule has 0 unspecified atom stereocenters. The fraction of sp³-hybridized carbons (Fsp3) is 0.846. The van der Waals surface area contributed by atoms with Crippen LogP contribution in [0.5, 0.6) is 0 Å². The van der Waals surface area contributed by atoms with Crippen LogP contribution in [-0.4, -0.2) is 141 Å². The summed E-state index contributed by atoms with van der Waals surface area (Å²) in [7, 11) is 8.60. The Morgan fingerprint density at radius 1 is 0.639 bits per heavy atom. The molecule has 0 aromatic carbocycles. The van der Waals surface area contributed by atoms with Crippen molar-refractivity contribution in [2.45, 2.75) is 26.7 Å². The van der Waals surface area contributed by atoms with E-state index in [4.69, 9.17) is 18.9 Å². The van der Waals surface area contributed by atoms with E-state index in [2.05, 4.69) is 50.7 Å². The Morgan fingerprint density at radius 2 is 1.00 bits per heavy atom. The smallest absolute Gasteiger partial charge is 0.246 e. The highest BCUT2D eigenvalue weighted by atomic mass is 16.5. The maximum Gasteiger partial charge on any atom is 0.246 e. The fourth-order valence-corrected chi connectivity index (χ4v) is 3.12. The van der Waals surface area contributed by atoms with Gasteiger partial charge < -0.3 is 38.5 Å². The second-order valence-corrected chi connectivity index (χ2v) is 9.89. The Morgan fingerprint density at radius 3 is 1.36 bits per heavy atom. The molecule has 0 bridgehead atoms. The summed E-state index contributed by atoms with van der Waals surface area (Å²) < 4.78 is 22.4. The van der Waals surface area contributed by atoms with Crippen molar-refractivity contribution in [3.63, 3.8) is 0 Å². The maximum atomic E-state index is 11.8. The largest absolute Gasteiger partial charge is 0.379 e. The minimum atomic E-state index is -0.0954. The van der Waals surface area contributed by atoms with Gasteiger partial charge in [0.1, 0.15) is 26.3 Å². The predicted molar refractivity (Wildman–Crippen MR) is 141 cm³/mol. The molecule has 0 aromatic rings. The molecule has 0 aliphatic carbocycles. The van der Waals surface area contributed by atoms with Crippen LogP contribution in [-0.2, 0) is 28.5 Å². The molecule has 36 heavy (non-hydrogen) atoms. The normalized spacial score (nSPS) is 11.6. The first-order valence-electron chi connectivity index (χ1n) is 13.1. The van der Waals surface area contributed by atoms with Crippen molar-refractivity contribution >= 4 is 11.8 Å². The molecule has 2 amide bonds. The molecule has 0 aliphatic rings. The van der Waals surface area contributed by atoms with Gasteiger partial charge in [-0.2, -0.15) is 0 Å². The number of carbonyl (C=O) groups is 2. The number of carbonyl (C=O) groups excluding carboxylic acids is 2. The lowest BCUT2D eigenvalue weighted by molar-refractivity contribution is -0.884. The van der Waals surface area contributed by atoms with E-state index in [0.29, 0.717) is 52.7 Å². The van der Waals surface area contributed by atoms with Crippen LogP contribution in [0.1, 0.15) is 26.7 Å². The van der Waals surface area contributed by atoms with Crippen LogP contribution in [0.3, 0.4) is 0 Å². The topological polar surface area (TPSA) is 95.1 Å². The molecular formula is C26H52N4O6+2. The number of quaternary nitrogens is 2. The molecule has 0 saturated carbocycles. The lowest BCUT2D eigenvalue weighted by Crippen LogP contribution is -2.43. The van der Waals surface area contributed by atoms with Crippen LogP contribution in [0, 0.1) is 11.8 Å². The highest BCUT2D eigenvalue weighted by molar-refractivity contribution is 5.77. The molecule has 2 N–H and O–H groups in total. The number of ether oxygens (including phenoxy) is 4. The molecule has 0 saturated heterocycles. The van der Waals surface area contributed by atoms with E-state index >= 15 is 0 Å². The standard InChI is InChI=1S/C26H50N4O6/c1-7-33-19-21-35-23-25(31)27-13-11-17-29(3,4)15-9-10-16-30(5,6)18-12-14-28-26(32)24-36-22-20-34-8-2/h7-8,11-24H2,1-6H3/p+2. The molecule has 10 heteroatoms. The van der Waals surface area contributed by atoms with Crippen molar-refractivity contribution in [3.8, 4) is 11.8 Å². The number of nitrogens with one attached hydrogen (secondary N) is 2. The van der Waals surface area contributed by atoms with E-state index in [9.17, 15) is 9.59 Å². The van der Waals surface area contributed by atoms with Crippen LogP contribution < -0.4 is 10.6 Å². The van der Waals surface area contributed by atoms with Gasteiger partial charge in [0.25, 0.3) is 0 Å². The maximum absolute atomic E-state index is 11.8. The first-order chi connectivity index (χ1) is 17.1. The number of hydrogen-bond acceptors (Lipinski definition) is 6. The molecule has 0 atom stereocenters. The highest BCUT2D eigenvalue weighted by Crippen LogP contribution is 2.00. The minimum absolute atomic E-state index is 0.0700. The molecule has 0 fully saturated rings. The van der Waals surface area contributed by atoms with E-state index in [1.807, 2.05) is 13.8 Å². The number of nitrogens with zero attached hydrogens (tertiary/aromatic N) is 2. The zero-order valence-electron chi connectivity index (χ0n) is 23.7. The molecular weight excluding hydrogens is 464 g/mol. The Balaban J connectivity index is 3.93. The van der Waals surface area contributed by atoms with Gasteiger partial charge in [0.05, 0.1) is 67.7 Å². The SMILES string of the molecule is CCOCCOCC(=O)NCCC[N+](C)(C)CC#CC[N+](C)(C)CCCNC(=O)COCCOCC. The Hall–Kier alpha value is -1.74. The van der Waals surface area contributed by atoms with Gasteiger partial charge >= 0.3 is 0 Å². The van der Waals surface area contributed by atoms with Crippen molar-refractivity contribution in [3.05, 3.63) is 0 Å². The average Bonchev–Trinajstić information content (AvgIpc) is 2.82. The number of amides is 2. The minimum Gasteiger partial charge on any atom is -0.379 e. The summed E-state index contributed by atoms with van der Waals surface area (Å²) in [5.41, 5.74) is 0. The quantitative estimate of drug-likeness (QED) is 0.122. The lowest BCUT2D eigenvalue weighted by Gasteiger charge is -2.28. The summed E-state index contributed by atoms with van der Waals surface area (Å²) in [6.07, 6.45) is 1.76. The Labute approximate surface area is 219 Å². The van der Waals surface area contributed by atoms with Crippen LogP contribution in [0.15, 0.2) is 0 Å². The van der Waals surface area contributed by atoms with E-state index in [1.165, 1.54) is 0 Å². The molecule has 0 spiro atoms. The monoisotopic (exact) mass is 516 g/mol. The van der Waals surface area contributed by atoms with E-state index in [0.717, 1.165) is 48.0 Å². The van der Waals surface area contributed by atoms with Crippen LogP contribution in [0.25, 0.3) is 0 Å². The Bertz CT molecular complexity index is 594. The van der Waals surface area contributed by atoms with Gasteiger partial charge in [0, 0.05) is 39.1 Å². The summed E-state index contributed by atoms with van der Waals surface area (Å²) in [6, 6.07) is 0. The fourth-order valence-electron chi connectivity index (χ4n) is 3.12. The van der Waals surface area contributed by atoms with Gasteiger partial charge in [-0.15, -0.1) is 0 Å². The van der Waals surface area contributed by atoms with Gasteiger partial charge in [-0.3, -0.25) is 9.59 Å². The molecule has 0 heterocycles. The highest BCUT2D eigenvalue weighted by Gasteiger charge is 2.15. The second-order valence-electron chi connectivity index (χ2n) is 9.89. The summed E-state index contributed by atoms with van der Waals surface area (Å²) in [5.74, 6) is 6.44. The van der Waals surface area contributed by atoms with Crippen molar-refractivity contribution < 1.29 is 37.5 Å². The van der Waals surface area contributed by atoms with Crippen LogP contribution in [0.4, 0.5) is 0 Å². The first kappa shape index (κ1) is 34.3. The Kier molecular flexibility index (Phi) is 20.3. The van der Waals surface area contributed by atoms with Gasteiger partial charge in [0.2, 0.25) is 11.8 Å². The summed E-state index contributed by atoms with van der Waals surface area (Å²) in [4.78, 5) is 23.5. The second kappa shape index (κ2) is 21.4. The molecule has 0 radical (unpaired) electrons. The summed E-state index contributed by atoms with van der Waals surface area (Å²) in [6.45, 7) is 11.8. The number of rotatable bonds is 22. The van der Waals surface area contributed by atoms with Crippen molar-refractivity contribution in [2.75, 3.05) is 120 Å². The van der Waals surface area contributed by atoms with Gasteiger partial charge in [-0.1, -0.05) is 0 Å². The number of hydrogen-bond donors (Lipinski definition) is 2.